The molecule has 0 spiro atoms. The Hall–Kier alpha value is -0.820. The summed E-state index contributed by atoms with van der Waals surface area (Å²) in [6, 6.07) is 10.4. The molecule has 0 aliphatic rings. The summed E-state index contributed by atoms with van der Waals surface area (Å²) in [5.74, 6) is 1.16. The van der Waals surface area contributed by atoms with E-state index >= 15 is 0 Å². The van der Waals surface area contributed by atoms with Crippen LogP contribution in [0, 0.1) is 11.8 Å². The smallest absolute Gasteiger partial charge is 0.0720 e. The molecule has 0 saturated heterocycles. The first kappa shape index (κ1) is 12.3. The molecule has 15 heavy (non-hydrogen) atoms. The fourth-order valence-corrected chi connectivity index (χ4v) is 1.92. The van der Waals surface area contributed by atoms with Crippen LogP contribution in [0.25, 0.3) is 0 Å². The first-order valence-corrected chi connectivity index (χ1v) is 5.76. The normalized spacial score (nSPS) is 11.7. The van der Waals surface area contributed by atoms with Crippen molar-refractivity contribution in [1.29, 1.82) is 0 Å². The van der Waals surface area contributed by atoms with Crippen LogP contribution in [0.2, 0.25) is 0 Å². The highest BCUT2D eigenvalue weighted by Crippen LogP contribution is 2.17. The molecule has 0 aliphatic carbocycles. The Kier molecular flexibility index (Phi) is 4.83. The third-order valence-electron chi connectivity index (χ3n) is 2.60. The second-order valence-electron chi connectivity index (χ2n) is 4.75. The van der Waals surface area contributed by atoms with E-state index in [1.165, 1.54) is 5.56 Å². The van der Waals surface area contributed by atoms with Crippen molar-refractivity contribution in [2.24, 2.45) is 11.8 Å². The quantitative estimate of drug-likeness (QED) is 0.710. The highest BCUT2D eigenvalue weighted by molar-refractivity contribution is 5.13. The van der Waals surface area contributed by atoms with Crippen LogP contribution >= 0.6 is 0 Å². The summed E-state index contributed by atoms with van der Waals surface area (Å²) in [5, 5.41) is 0. The maximum Gasteiger partial charge on any atom is 0.0720 e. The summed E-state index contributed by atoms with van der Waals surface area (Å²) >= 11 is 0. The van der Waals surface area contributed by atoms with Gasteiger partial charge in [-0.1, -0.05) is 58.0 Å². The Morgan fingerprint density at radius 1 is 0.933 bits per heavy atom. The standard InChI is InChI=1S/C14H22O/c1-11(2)14(12(3)4)15-10-13-8-6-5-7-9-13/h5-9,11-12,14H,10H2,1-4H3. The third kappa shape index (κ3) is 4.05. The van der Waals surface area contributed by atoms with Gasteiger partial charge in [0.05, 0.1) is 12.7 Å². The van der Waals surface area contributed by atoms with Crippen LogP contribution in [-0.2, 0) is 11.3 Å². The lowest BCUT2D eigenvalue weighted by molar-refractivity contribution is -0.0187. The lowest BCUT2D eigenvalue weighted by Gasteiger charge is -2.25. The summed E-state index contributed by atoms with van der Waals surface area (Å²) in [6.45, 7) is 9.60. The maximum atomic E-state index is 5.95. The summed E-state index contributed by atoms with van der Waals surface area (Å²) in [5.41, 5.74) is 1.25. The summed E-state index contributed by atoms with van der Waals surface area (Å²) < 4.78 is 5.95. The van der Waals surface area contributed by atoms with Crippen LogP contribution in [0.1, 0.15) is 33.3 Å². The van der Waals surface area contributed by atoms with Crippen molar-refractivity contribution in [3.63, 3.8) is 0 Å². The molecule has 0 aromatic heterocycles. The second-order valence-corrected chi connectivity index (χ2v) is 4.75. The summed E-state index contributed by atoms with van der Waals surface area (Å²) in [6.07, 6.45) is 0.352. The average molecular weight is 206 g/mol. The largest absolute Gasteiger partial charge is 0.373 e. The first-order valence-electron chi connectivity index (χ1n) is 5.76. The maximum absolute atomic E-state index is 5.95. The molecule has 0 heterocycles. The Labute approximate surface area is 93.5 Å². The van der Waals surface area contributed by atoms with Crippen molar-refractivity contribution in [3.8, 4) is 0 Å². The third-order valence-corrected chi connectivity index (χ3v) is 2.60. The minimum absolute atomic E-state index is 0.352. The van der Waals surface area contributed by atoms with E-state index in [1.807, 2.05) is 6.07 Å². The van der Waals surface area contributed by atoms with Crippen molar-refractivity contribution < 1.29 is 4.74 Å². The lowest BCUT2D eigenvalue weighted by atomic mass is 9.96. The van der Waals surface area contributed by atoms with E-state index < -0.39 is 0 Å². The van der Waals surface area contributed by atoms with Gasteiger partial charge < -0.3 is 4.74 Å². The van der Waals surface area contributed by atoms with E-state index in [0.717, 1.165) is 6.61 Å². The molecule has 0 atom stereocenters. The van der Waals surface area contributed by atoms with E-state index in [0.29, 0.717) is 17.9 Å². The molecule has 1 heteroatoms. The number of benzene rings is 1. The Morgan fingerprint density at radius 3 is 1.93 bits per heavy atom. The van der Waals surface area contributed by atoms with Gasteiger partial charge in [0, 0.05) is 0 Å². The van der Waals surface area contributed by atoms with Crippen LogP contribution in [0.15, 0.2) is 30.3 Å². The van der Waals surface area contributed by atoms with Gasteiger partial charge in [0.25, 0.3) is 0 Å². The topological polar surface area (TPSA) is 9.23 Å². The van der Waals surface area contributed by atoms with Crippen LogP contribution in [0.5, 0.6) is 0 Å². The molecule has 0 radical (unpaired) electrons. The molecule has 0 bridgehead atoms. The molecule has 0 aliphatic heterocycles. The fraction of sp³-hybridized carbons (Fsp3) is 0.571. The van der Waals surface area contributed by atoms with E-state index in [2.05, 4.69) is 52.0 Å². The minimum Gasteiger partial charge on any atom is -0.373 e. The number of rotatable bonds is 5. The monoisotopic (exact) mass is 206 g/mol. The first-order chi connectivity index (χ1) is 7.11. The van der Waals surface area contributed by atoms with Crippen molar-refractivity contribution in [2.75, 3.05) is 0 Å². The second kappa shape index (κ2) is 5.92. The number of hydrogen-bond acceptors (Lipinski definition) is 1. The van der Waals surface area contributed by atoms with Crippen molar-refractivity contribution in [2.45, 2.75) is 40.4 Å². The zero-order chi connectivity index (χ0) is 11.3. The Balaban J connectivity index is 2.47. The van der Waals surface area contributed by atoms with Gasteiger partial charge in [-0.05, 0) is 17.4 Å². The van der Waals surface area contributed by atoms with Gasteiger partial charge in [-0.3, -0.25) is 0 Å². The van der Waals surface area contributed by atoms with Gasteiger partial charge in [-0.2, -0.15) is 0 Å². The molecular weight excluding hydrogens is 184 g/mol. The molecule has 1 aromatic carbocycles. The molecular formula is C14H22O. The molecule has 1 aromatic rings. The SMILES string of the molecule is CC(C)C(OCc1ccccc1)C(C)C. The van der Waals surface area contributed by atoms with Gasteiger partial charge in [-0.15, -0.1) is 0 Å². The molecule has 0 amide bonds. The zero-order valence-electron chi connectivity index (χ0n) is 10.2. The molecule has 1 nitrogen and oxygen atoms in total. The molecule has 0 fully saturated rings. The Morgan fingerprint density at radius 2 is 1.47 bits per heavy atom. The molecule has 0 N–H and O–H groups in total. The number of ether oxygens (including phenoxy) is 1. The van der Waals surface area contributed by atoms with Gasteiger partial charge in [-0.25, -0.2) is 0 Å². The van der Waals surface area contributed by atoms with Gasteiger partial charge >= 0.3 is 0 Å². The van der Waals surface area contributed by atoms with Crippen LogP contribution in [0.4, 0.5) is 0 Å². The highest BCUT2D eigenvalue weighted by Gasteiger charge is 2.17. The highest BCUT2D eigenvalue weighted by atomic mass is 16.5. The van der Waals surface area contributed by atoms with E-state index in [1.54, 1.807) is 0 Å². The van der Waals surface area contributed by atoms with Crippen LogP contribution < -0.4 is 0 Å². The molecule has 84 valence electrons. The van der Waals surface area contributed by atoms with Crippen LogP contribution in [0.3, 0.4) is 0 Å². The average Bonchev–Trinajstić information content (AvgIpc) is 2.18. The summed E-state index contributed by atoms with van der Waals surface area (Å²) in [4.78, 5) is 0. The van der Waals surface area contributed by atoms with Crippen molar-refractivity contribution in [1.82, 2.24) is 0 Å². The van der Waals surface area contributed by atoms with Gasteiger partial charge in [0.2, 0.25) is 0 Å². The Bertz CT molecular complexity index is 256. The van der Waals surface area contributed by atoms with E-state index in [9.17, 15) is 0 Å². The van der Waals surface area contributed by atoms with E-state index in [-0.39, 0.29) is 0 Å². The fourth-order valence-electron chi connectivity index (χ4n) is 1.92. The zero-order valence-corrected chi connectivity index (χ0v) is 10.2. The van der Waals surface area contributed by atoms with Crippen LogP contribution in [-0.4, -0.2) is 6.10 Å². The van der Waals surface area contributed by atoms with Crippen molar-refractivity contribution >= 4 is 0 Å². The predicted molar refractivity (Wildman–Crippen MR) is 64.7 cm³/mol. The van der Waals surface area contributed by atoms with Crippen molar-refractivity contribution in [3.05, 3.63) is 35.9 Å². The minimum atomic E-state index is 0.352. The summed E-state index contributed by atoms with van der Waals surface area (Å²) in [7, 11) is 0. The molecule has 0 unspecified atom stereocenters. The lowest BCUT2D eigenvalue weighted by Crippen LogP contribution is -2.25. The predicted octanol–water partition coefficient (Wildman–Crippen LogP) is 3.88. The molecule has 0 saturated carbocycles. The van der Waals surface area contributed by atoms with Gasteiger partial charge in [0.1, 0.15) is 0 Å². The van der Waals surface area contributed by atoms with Gasteiger partial charge in [0.15, 0.2) is 0 Å². The van der Waals surface area contributed by atoms with E-state index in [4.69, 9.17) is 4.74 Å². The number of hydrogen-bond donors (Lipinski definition) is 0. The molecule has 1 rings (SSSR count).